The summed E-state index contributed by atoms with van der Waals surface area (Å²) < 4.78 is 69.2. The molecule has 0 bridgehead atoms. The number of fused-ring (bicyclic) bond motifs is 1. The van der Waals surface area contributed by atoms with E-state index in [1.165, 1.54) is 96.7 Å². The van der Waals surface area contributed by atoms with Crippen LogP contribution in [-0.2, 0) is 19.9 Å². The molecule has 3 aromatic rings. The number of hydrogen-bond donors (Lipinski definition) is 1. The van der Waals surface area contributed by atoms with Crippen molar-refractivity contribution in [2.45, 2.75) is 30.5 Å². The van der Waals surface area contributed by atoms with Crippen molar-refractivity contribution in [1.82, 2.24) is 19.6 Å². The third kappa shape index (κ3) is 5.34. The second-order valence-electron chi connectivity index (χ2n) is 9.49. The van der Waals surface area contributed by atoms with Crippen molar-refractivity contribution in [2.24, 2.45) is 0 Å². The molecule has 2 unspecified atom stereocenters. The van der Waals surface area contributed by atoms with E-state index in [2.05, 4.69) is 11.7 Å². The van der Waals surface area contributed by atoms with Gasteiger partial charge in [0.05, 0.1) is 23.9 Å². The van der Waals surface area contributed by atoms with Gasteiger partial charge in [0.15, 0.2) is 6.29 Å². The highest BCUT2D eigenvalue weighted by Crippen LogP contribution is 2.48. The molecule has 0 saturated carbocycles. The Hall–Kier alpha value is -3.74. The van der Waals surface area contributed by atoms with Crippen LogP contribution in [0.5, 0.6) is 0 Å². The number of methoxy groups -OCH3 is 2. The zero-order valence-electron chi connectivity index (χ0n) is 22.2. The minimum Gasteiger partial charge on any atom is -0.372 e. The molecule has 2 atom stereocenters. The van der Waals surface area contributed by atoms with Gasteiger partial charge in [0, 0.05) is 45.8 Å². The standard InChI is InChI=1S/C28H30F4N4O4/c1-5-12-35-16-20(14-24(35)26(37)34(2)17-25(39-3)40-4)27(38,28(30,31)32)19-6-11-23-18(13-19)15-33-36(23)22-9-7-21(29)8-10-22/h5-11,13,15-16,24-25,38H,1,12,14,17H2,2-4H3. The summed E-state index contributed by atoms with van der Waals surface area (Å²) in [6.45, 7) is 3.79. The Bertz CT molecular complexity index is 1400. The maximum atomic E-state index is 14.7. The van der Waals surface area contributed by atoms with Gasteiger partial charge in [-0.3, -0.25) is 4.79 Å². The summed E-state index contributed by atoms with van der Waals surface area (Å²) in [7, 11) is 4.32. The summed E-state index contributed by atoms with van der Waals surface area (Å²) in [5.74, 6) is -0.902. The van der Waals surface area contributed by atoms with E-state index in [0.717, 1.165) is 0 Å². The SMILES string of the molecule is C=CCN1C=C(C(O)(c2ccc3c(cnn3-c3ccc(F)cc3)c2)C(F)(F)F)CC1C(=O)N(C)CC(OC)OC. The van der Waals surface area contributed by atoms with Crippen LogP contribution < -0.4 is 0 Å². The first kappa shape index (κ1) is 29.2. The van der Waals surface area contributed by atoms with Crippen LogP contribution >= 0.6 is 0 Å². The smallest absolute Gasteiger partial charge is 0.372 e. The van der Waals surface area contributed by atoms with Crippen molar-refractivity contribution >= 4 is 16.8 Å². The van der Waals surface area contributed by atoms with Crippen LogP contribution in [0.15, 0.2) is 73.1 Å². The van der Waals surface area contributed by atoms with E-state index >= 15 is 0 Å². The van der Waals surface area contributed by atoms with Crippen molar-refractivity contribution in [2.75, 3.05) is 34.4 Å². The molecule has 0 aliphatic carbocycles. The molecule has 40 heavy (non-hydrogen) atoms. The third-order valence-electron chi connectivity index (χ3n) is 7.02. The second kappa shape index (κ2) is 11.4. The Labute approximate surface area is 228 Å². The molecule has 0 radical (unpaired) electrons. The number of aromatic nitrogens is 2. The van der Waals surface area contributed by atoms with Crippen molar-refractivity contribution in [3.63, 3.8) is 0 Å². The highest BCUT2D eigenvalue weighted by Gasteiger charge is 2.59. The number of benzene rings is 2. The van der Waals surface area contributed by atoms with Crippen LogP contribution in [0.25, 0.3) is 16.6 Å². The van der Waals surface area contributed by atoms with Gasteiger partial charge in [-0.2, -0.15) is 18.3 Å². The fourth-order valence-corrected chi connectivity index (χ4v) is 4.86. The molecule has 12 heteroatoms. The minimum atomic E-state index is -5.11. The quantitative estimate of drug-likeness (QED) is 0.227. The van der Waals surface area contributed by atoms with Crippen molar-refractivity contribution < 1.29 is 36.9 Å². The lowest BCUT2D eigenvalue weighted by Crippen LogP contribution is -2.47. The Morgan fingerprint density at radius 1 is 1.23 bits per heavy atom. The number of carbonyl (C=O) groups excluding carboxylic acids is 1. The first-order valence-corrected chi connectivity index (χ1v) is 12.4. The highest BCUT2D eigenvalue weighted by atomic mass is 19.4. The zero-order chi connectivity index (χ0) is 29.2. The second-order valence-corrected chi connectivity index (χ2v) is 9.49. The van der Waals surface area contributed by atoms with Crippen LogP contribution in [0.1, 0.15) is 12.0 Å². The molecule has 214 valence electrons. The van der Waals surface area contributed by atoms with E-state index in [-0.39, 0.29) is 25.1 Å². The highest BCUT2D eigenvalue weighted by molar-refractivity contribution is 5.83. The maximum Gasteiger partial charge on any atom is 0.425 e. The molecule has 1 amide bonds. The average molecular weight is 563 g/mol. The van der Waals surface area contributed by atoms with E-state index in [1.807, 2.05) is 0 Å². The number of carbonyl (C=O) groups is 1. The van der Waals surface area contributed by atoms with Crippen molar-refractivity contribution in [1.29, 1.82) is 0 Å². The Morgan fingerprint density at radius 3 is 2.50 bits per heavy atom. The summed E-state index contributed by atoms with van der Waals surface area (Å²) >= 11 is 0. The first-order valence-electron chi connectivity index (χ1n) is 12.4. The van der Waals surface area contributed by atoms with Gasteiger partial charge >= 0.3 is 6.18 Å². The number of hydrogen-bond acceptors (Lipinski definition) is 6. The lowest BCUT2D eigenvalue weighted by molar-refractivity contribution is -0.250. The number of amides is 1. The summed E-state index contributed by atoms with van der Waals surface area (Å²) in [6, 6.07) is 8.30. The molecular formula is C28H30F4N4O4. The van der Waals surface area contributed by atoms with Crippen molar-refractivity contribution in [3.8, 4) is 5.69 Å². The van der Waals surface area contributed by atoms with Crippen LogP contribution in [0.3, 0.4) is 0 Å². The number of likely N-dealkylation sites (N-methyl/N-ethyl adjacent to an activating group) is 1. The van der Waals surface area contributed by atoms with Crippen LogP contribution in [0.2, 0.25) is 0 Å². The van der Waals surface area contributed by atoms with Gasteiger partial charge < -0.3 is 24.4 Å². The number of ether oxygens (including phenoxy) is 2. The van der Waals surface area contributed by atoms with E-state index in [4.69, 9.17) is 9.47 Å². The number of alkyl halides is 3. The minimum absolute atomic E-state index is 0.0534. The molecule has 0 spiro atoms. The fourth-order valence-electron chi connectivity index (χ4n) is 4.86. The predicted molar refractivity (Wildman–Crippen MR) is 140 cm³/mol. The third-order valence-corrected chi connectivity index (χ3v) is 7.02. The molecule has 1 aliphatic heterocycles. The summed E-state index contributed by atoms with van der Waals surface area (Å²) in [5.41, 5.74) is -3.20. The topological polar surface area (TPSA) is 80.1 Å². The molecular weight excluding hydrogens is 532 g/mol. The van der Waals surface area contributed by atoms with Crippen LogP contribution in [0.4, 0.5) is 17.6 Å². The van der Waals surface area contributed by atoms with Gasteiger partial charge in [-0.25, -0.2) is 9.07 Å². The van der Waals surface area contributed by atoms with Crippen molar-refractivity contribution in [3.05, 3.63) is 84.5 Å². The molecule has 1 aliphatic rings. The van der Waals surface area contributed by atoms with Crippen LogP contribution in [-0.4, -0.2) is 83.5 Å². The average Bonchev–Trinajstić information content (AvgIpc) is 3.55. The summed E-state index contributed by atoms with van der Waals surface area (Å²) in [4.78, 5) is 16.0. The molecule has 1 aromatic heterocycles. The molecule has 8 nitrogen and oxygen atoms in total. The van der Waals surface area contributed by atoms with Crippen LogP contribution in [0, 0.1) is 5.82 Å². The van der Waals surface area contributed by atoms with Gasteiger partial charge in [-0.15, -0.1) is 6.58 Å². The molecule has 1 N–H and O–H groups in total. The Morgan fingerprint density at radius 2 is 1.90 bits per heavy atom. The molecule has 2 aromatic carbocycles. The lowest BCUT2D eigenvalue weighted by atomic mass is 9.83. The fraction of sp³-hybridized carbons (Fsp3) is 0.357. The molecule has 0 fully saturated rings. The van der Waals surface area contributed by atoms with Gasteiger partial charge in [0.25, 0.3) is 0 Å². The monoisotopic (exact) mass is 562 g/mol. The van der Waals surface area contributed by atoms with E-state index in [0.29, 0.717) is 16.6 Å². The van der Waals surface area contributed by atoms with E-state index in [1.54, 1.807) is 0 Å². The number of aliphatic hydroxyl groups is 1. The van der Waals surface area contributed by atoms with Gasteiger partial charge in [-0.1, -0.05) is 12.1 Å². The number of rotatable bonds is 10. The Balaban J connectivity index is 1.70. The normalized spacial score (nSPS) is 17.3. The lowest BCUT2D eigenvalue weighted by Gasteiger charge is -2.33. The first-order chi connectivity index (χ1) is 18.9. The van der Waals surface area contributed by atoms with E-state index in [9.17, 15) is 27.5 Å². The van der Waals surface area contributed by atoms with Gasteiger partial charge in [0.2, 0.25) is 11.5 Å². The molecule has 0 saturated heterocycles. The van der Waals surface area contributed by atoms with Gasteiger partial charge in [-0.05, 0) is 47.5 Å². The molecule has 4 rings (SSSR count). The largest absolute Gasteiger partial charge is 0.425 e. The van der Waals surface area contributed by atoms with Gasteiger partial charge in [0.1, 0.15) is 11.9 Å². The predicted octanol–water partition coefficient (Wildman–Crippen LogP) is 4.14. The summed E-state index contributed by atoms with van der Waals surface area (Å²) in [6.07, 6.45) is -2.18. The maximum absolute atomic E-state index is 14.7. The Kier molecular flexibility index (Phi) is 8.33. The number of halogens is 4. The van der Waals surface area contributed by atoms with E-state index < -0.39 is 41.4 Å². The number of nitrogens with zero attached hydrogens (tertiary/aromatic N) is 4. The summed E-state index contributed by atoms with van der Waals surface area (Å²) in [5, 5.41) is 16.0. The molecule has 2 heterocycles. The zero-order valence-corrected chi connectivity index (χ0v) is 22.2.